The van der Waals surface area contributed by atoms with Crippen molar-refractivity contribution in [2.45, 2.75) is 38.8 Å². The van der Waals surface area contributed by atoms with Crippen LogP contribution in [0.1, 0.15) is 38.3 Å². The van der Waals surface area contributed by atoms with Crippen molar-refractivity contribution in [3.63, 3.8) is 0 Å². The second-order valence-corrected chi connectivity index (χ2v) is 5.59. The van der Waals surface area contributed by atoms with Gasteiger partial charge in [0.25, 0.3) is 0 Å². The molecule has 2 unspecified atom stereocenters. The van der Waals surface area contributed by atoms with Crippen LogP contribution in [0.3, 0.4) is 0 Å². The molecule has 1 fully saturated rings. The van der Waals surface area contributed by atoms with Crippen LogP contribution in [0.2, 0.25) is 0 Å². The Bertz CT molecular complexity index is 369. The predicted octanol–water partition coefficient (Wildman–Crippen LogP) is 3.16. The van der Waals surface area contributed by atoms with E-state index in [2.05, 4.69) is 43.4 Å². The molecule has 2 rings (SSSR count). The van der Waals surface area contributed by atoms with Crippen LogP contribution in [0.25, 0.3) is 0 Å². The zero-order chi connectivity index (χ0) is 13.7. The van der Waals surface area contributed by atoms with Crippen molar-refractivity contribution >= 4 is 0 Å². The summed E-state index contributed by atoms with van der Waals surface area (Å²) in [6.45, 7) is 5.96. The molecule has 3 nitrogen and oxygen atoms in total. The lowest BCUT2D eigenvalue weighted by Crippen LogP contribution is -2.28. The summed E-state index contributed by atoms with van der Waals surface area (Å²) in [5.74, 6) is 1.50. The highest BCUT2D eigenvalue weighted by molar-refractivity contribution is 5.30. The monoisotopic (exact) mass is 263 g/mol. The molecule has 0 aliphatic carbocycles. The van der Waals surface area contributed by atoms with Gasteiger partial charge in [-0.3, -0.25) is 0 Å². The number of nitrogens with one attached hydrogen (secondary N) is 1. The van der Waals surface area contributed by atoms with Gasteiger partial charge in [0.05, 0.1) is 18.8 Å². The van der Waals surface area contributed by atoms with E-state index in [1.165, 1.54) is 12.0 Å². The van der Waals surface area contributed by atoms with Crippen LogP contribution < -0.4 is 10.1 Å². The predicted molar refractivity (Wildman–Crippen MR) is 77.5 cm³/mol. The molecule has 1 N–H and O–H groups in total. The number of ether oxygens (including phenoxy) is 2. The fourth-order valence-corrected chi connectivity index (χ4v) is 2.47. The minimum atomic E-state index is 0.279. The fourth-order valence-electron chi connectivity index (χ4n) is 2.47. The normalized spacial score (nSPS) is 20.7. The van der Waals surface area contributed by atoms with Crippen molar-refractivity contribution in [3.05, 3.63) is 29.8 Å². The number of likely N-dealkylation sites (N-methyl/N-ethyl adjacent to an activating group) is 1. The molecule has 1 saturated heterocycles. The summed E-state index contributed by atoms with van der Waals surface area (Å²) in [6.07, 6.45) is 2.60. The van der Waals surface area contributed by atoms with Crippen molar-refractivity contribution in [3.8, 4) is 5.75 Å². The number of rotatable bonds is 6. The van der Waals surface area contributed by atoms with Gasteiger partial charge >= 0.3 is 0 Å². The maximum Gasteiger partial charge on any atom is 0.119 e. The Labute approximate surface area is 116 Å². The van der Waals surface area contributed by atoms with E-state index in [9.17, 15) is 0 Å². The van der Waals surface area contributed by atoms with Gasteiger partial charge in [0, 0.05) is 6.61 Å². The van der Waals surface area contributed by atoms with Crippen LogP contribution in [0, 0.1) is 5.92 Å². The first-order chi connectivity index (χ1) is 9.20. The molecule has 0 bridgehead atoms. The molecule has 2 atom stereocenters. The van der Waals surface area contributed by atoms with E-state index in [4.69, 9.17) is 9.47 Å². The molecule has 106 valence electrons. The second-order valence-electron chi connectivity index (χ2n) is 5.59. The largest absolute Gasteiger partial charge is 0.493 e. The SMILES string of the molecule is CNC(c1ccc(OCC(C)C)cc1)C1CCCO1. The molecule has 0 aromatic heterocycles. The summed E-state index contributed by atoms with van der Waals surface area (Å²) in [7, 11) is 2.00. The van der Waals surface area contributed by atoms with Gasteiger partial charge in [-0.2, -0.15) is 0 Å². The van der Waals surface area contributed by atoms with Crippen LogP contribution in [0.5, 0.6) is 5.75 Å². The van der Waals surface area contributed by atoms with Crippen molar-refractivity contribution in [2.75, 3.05) is 20.3 Å². The molecule has 1 heterocycles. The zero-order valence-electron chi connectivity index (χ0n) is 12.2. The molecule has 1 aliphatic heterocycles. The Kier molecular flexibility index (Phi) is 5.23. The van der Waals surface area contributed by atoms with E-state index in [-0.39, 0.29) is 6.04 Å². The van der Waals surface area contributed by atoms with Crippen LogP contribution >= 0.6 is 0 Å². The molecule has 1 aliphatic rings. The van der Waals surface area contributed by atoms with Gasteiger partial charge in [0.2, 0.25) is 0 Å². The van der Waals surface area contributed by atoms with Crippen LogP contribution in [0.4, 0.5) is 0 Å². The van der Waals surface area contributed by atoms with Gasteiger partial charge in [-0.05, 0) is 43.5 Å². The zero-order valence-corrected chi connectivity index (χ0v) is 12.2. The van der Waals surface area contributed by atoms with E-state index in [1.807, 2.05) is 7.05 Å². The maximum absolute atomic E-state index is 5.78. The molecule has 0 spiro atoms. The average molecular weight is 263 g/mol. The van der Waals surface area contributed by atoms with E-state index >= 15 is 0 Å². The Morgan fingerprint density at radius 1 is 1.32 bits per heavy atom. The first kappa shape index (κ1) is 14.4. The molecule has 1 aromatic rings. The van der Waals surface area contributed by atoms with E-state index in [0.717, 1.165) is 25.4 Å². The summed E-state index contributed by atoms with van der Waals surface area (Å²) in [5.41, 5.74) is 1.27. The maximum atomic E-state index is 5.78. The van der Waals surface area contributed by atoms with Crippen LogP contribution in [-0.4, -0.2) is 26.4 Å². The second kappa shape index (κ2) is 6.92. The van der Waals surface area contributed by atoms with Crippen LogP contribution in [-0.2, 0) is 4.74 Å². The summed E-state index contributed by atoms with van der Waals surface area (Å²) in [5, 5.41) is 3.36. The molecule has 0 amide bonds. The van der Waals surface area contributed by atoms with Crippen LogP contribution in [0.15, 0.2) is 24.3 Å². The Morgan fingerprint density at radius 2 is 2.05 bits per heavy atom. The Morgan fingerprint density at radius 3 is 2.58 bits per heavy atom. The first-order valence-corrected chi connectivity index (χ1v) is 7.22. The van der Waals surface area contributed by atoms with Crippen molar-refractivity contribution < 1.29 is 9.47 Å². The number of hydrogen-bond acceptors (Lipinski definition) is 3. The molecule has 0 saturated carbocycles. The topological polar surface area (TPSA) is 30.5 Å². The van der Waals surface area contributed by atoms with Gasteiger partial charge in [0.1, 0.15) is 5.75 Å². The third kappa shape index (κ3) is 3.95. The number of hydrogen-bond donors (Lipinski definition) is 1. The summed E-state index contributed by atoms with van der Waals surface area (Å²) < 4.78 is 11.5. The lowest BCUT2D eigenvalue weighted by Gasteiger charge is -2.23. The smallest absolute Gasteiger partial charge is 0.119 e. The third-order valence-electron chi connectivity index (χ3n) is 3.47. The molecule has 1 aromatic carbocycles. The van der Waals surface area contributed by atoms with Gasteiger partial charge in [0.15, 0.2) is 0 Å². The van der Waals surface area contributed by atoms with Gasteiger partial charge in [-0.25, -0.2) is 0 Å². The highest BCUT2D eigenvalue weighted by Crippen LogP contribution is 2.27. The minimum absolute atomic E-state index is 0.279. The lowest BCUT2D eigenvalue weighted by molar-refractivity contribution is 0.0807. The average Bonchev–Trinajstić information content (AvgIpc) is 2.92. The Balaban J connectivity index is 1.99. The minimum Gasteiger partial charge on any atom is -0.493 e. The highest BCUT2D eigenvalue weighted by atomic mass is 16.5. The highest BCUT2D eigenvalue weighted by Gasteiger charge is 2.25. The molecule has 0 radical (unpaired) electrons. The van der Waals surface area contributed by atoms with E-state index in [0.29, 0.717) is 12.0 Å². The summed E-state index contributed by atoms with van der Waals surface area (Å²) >= 11 is 0. The number of benzene rings is 1. The van der Waals surface area contributed by atoms with Crippen molar-refractivity contribution in [1.82, 2.24) is 5.32 Å². The van der Waals surface area contributed by atoms with Gasteiger partial charge in [-0.15, -0.1) is 0 Å². The van der Waals surface area contributed by atoms with Gasteiger partial charge in [-0.1, -0.05) is 26.0 Å². The molecular formula is C16H25NO2. The third-order valence-corrected chi connectivity index (χ3v) is 3.47. The fraction of sp³-hybridized carbons (Fsp3) is 0.625. The summed E-state index contributed by atoms with van der Waals surface area (Å²) in [4.78, 5) is 0. The molecular weight excluding hydrogens is 238 g/mol. The van der Waals surface area contributed by atoms with Gasteiger partial charge < -0.3 is 14.8 Å². The van der Waals surface area contributed by atoms with E-state index < -0.39 is 0 Å². The van der Waals surface area contributed by atoms with Crippen molar-refractivity contribution in [2.24, 2.45) is 5.92 Å². The van der Waals surface area contributed by atoms with Crippen molar-refractivity contribution in [1.29, 1.82) is 0 Å². The standard InChI is InChI=1S/C16H25NO2/c1-12(2)11-19-14-8-6-13(7-9-14)16(17-3)15-5-4-10-18-15/h6-9,12,15-17H,4-5,10-11H2,1-3H3. The molecule has 19 heavy (non-hydrogen) atoms. The first-order valence-electron chi connectivity index (χ1n) is 7.22. The summed E-state index contributed by atoms with van der Waals surface area (Å²) in [6, 6.07) is 8.66. The Hall–Kier alpha value is -1.06. The quantitative estimate of drug-likeness (QED) is 0.855. The van der Waals surface area contributed by atoms with E-state index in [1.54, 1.807) is 0 Å². The molecule has 3 heteroatoms. The lowest BCUT2D eigenvalue weighted by atomic mass is 9.99.